The summed E-state index contributed by atoms with van der Waals surface area (Å²) in [5, 5.41) is 0.0394. The van der Waals surface area contributed by atoms with Crippen LogP contribution in [-0.2, 0) is 0 Å². The van der Waals surface area contributed by atoms with Gasteiger partial charge in [0.1, 0.15) is 12.1 Å². The molecule has 7 nitrogen and oxygen atoms in total. The SMILES string of the molecule is Clc1nc(Oc2cccnc2)nc(-n2ccnc2)n1. The van der Waals surface area contributed by atoms with E-state index in [9.17, 15) is 0 Å². The van der Waals surface area contributed by atoms with Gasteiger partial charge in [-0.15, -0.1) is 0 Å². The van der Waals surface area contributed by atoms with Gasteiger partial charge in [-0.2, -0.15) is 15.0 Å². The first-order valence-electron chi connectivity index (χ1n) is 5.29. The minimum atomic E-state index is 0.0394. The Bertz CT molecular complexity index is 673. The predicted molar refractivity (Wildman–Crippen MR) is 66.3 cm³/mol. The summed E-state index contributed by atoms with van der Waals surface area (Å²) in [6, 6.07) is 3.58. The molecule has 0 N–H and O–H groups in total. The average Bonchev–Trinajstić information content (AvgIpc) is 2.93. The van der Waals surface area contributed by atoms with E-state index in [0.717, 1.165) is 0 Å². The number of aromatic nitrogens is 6. The molecule has 3 aromatic rings. The zero-order valence-corrected chi connectivity index (χ0v) is 10.3. The van der Waals surface area contributed by atoms with E-state index in [4.69, 9.17) is 16.3 Å². The molecule has 0 aliphatic heterocycles. The van der Waals surface area contributed by atoms with Crippen molar-refractivity contribution < 1.29 is 4.74 Å². The molecule has 8 heteroatoms. The molecule has 0 radical (unpaired) electrons. The van der Waals surface area contributed by atoms with Crippen LogP contribution < -0.4 is 4.74 Å². The molecule has 0 fully saturated rings. The van der Waals surface area contributed by atoms with E-state index in [1.54, 1.807) is 47.8 Å². The maximum Gasteiger partial charge on any atom is 0.328 e. The molecule has 0 unspecified atom stereocenters. The number of hydrogen-bond acceptors (Lipinski definition) is 6. The Morgan fingerprint density at radius 2 is 2.05 bits per heavy atom. The van der Waals surface area contributed by atoms with Crippen molar-refractivity contribution in [2.24, 2.45) is 0 Å². The third kappa shape index (κ3) is 2.66. The average molecular weight is 275 g/mol. The molecule has 3 rings (SSSR count). The van der Waals surface area contributed by atoms with Gasteiger partial charge in [0.15, 0.2) is 0 Å². The number of ether oxygens (including phenoxy) is 1. The first kappa shape index (κ1) is 11.5. The highest BCUT2D eigenvalue weighted by molar-refractivity contribution is 6.28. The van der Waals surface area contributed by atoms with E-state index >= 15 is 0 Å². The molecule has 0 atom stereocenters. The topological polar surface area (TPSA) is 78.6 Å². The molecule has 0 amide bonds. The second-order valence-electron chi connectivity index (χ2n) is 3.45. The van der Waals surface area contributed by atoms with Gasteiger partial charge in [0.25, 0.3) is 0 Å². The lowest BCUT2D eigenvalue weighted by Gasteiger charge is -2.05. The zero-order valence-electron chi connectivity index (χ0n) is 9.51. The molecular formula is C11H7ClN6O. The molecule has 3 heterocycles. The lowest BCUT2D eigenvalue weighted by atomic mass is 10.5. The highest BCUT2D eigenvalue weighted by atomic mass is 35.5. The maximum absolute atomic E-state index is 5.84. The quantitative estimate of drug-likeness (QED) is 0.726. The Kier molecular flexibility index (Phi) is 3.03. The van der Waals surface area contributed by atoms with Crippen molar-refractivity contribution in [1.29, 1.82) is 0 Å². The van der Waals surface area contributed by atoms with Crippen molar-refractivity contribution in [2.75, 3.05) is 0 Å². The minimum absolute atomic E-state index is 0.0394. The highest BCUT2D eigenvalue weighted by Gasteiger charge is 2.08. The van der Waals surface area contributed by atoms with E-state index in [1.165, 1.54) is 0 Å². The van der Waals surface area contributed by atoms with E-state index in [2.05, 4.69) is 24.9 Å². The van der Waals surface area contributed by atoms with Crippen LogP contribution in [-0.4, -0.2) is 29.5 Å². The summed E-state index contributed by atoms with van der Waals surface area (Å²) < 4.78 is 7.06. The van der Waals surface area contributed by atoms with Gasteiger partial charge in [-0.3, -0.25) is 9.55 Å². The van der Waals surface area contributed by atoms with Crippen LogP contribution >= 0.6 is 11.6 Å². The minimum Gasteiger partial charge on any atom is -0.422 e. The summed E-state index contributed by atoms with van der Waals surface area (Å²) in [4.78, 5) is 19.9. The van der Waals surface area contributed by atoms with E-state index < -0.39 is 0 Å². The number of pyridine rings is 1. The molecule has 0 aliphatic carbocycles. The van der Waals surface area contributed by atoms with Crippen molar-refractivity contribution in [3.05, 3.63) is 48.5 Å². The largest absolute Gasteiger partial charge is 0.422 e. The van der Waals surface area contributed by atoms with E-state index in [1.807, 2.05) is 0 Å². The van der Waals surface area contributed by atoms with Gasteiger partial charge < -0.3 is 4.74 Å². The first-order valence-corrected chi connectivity index (χ1v) is 5.67. The summed E-state index contributed by atoms with van der Waals surface area (Å²) in [6.45, 7) is 0. The van der Waals surface area contributed by atoms with Gasteiger partial charge >= 0.3 is 6.01 Å². The van der Waals surface area contributed by atoms with Crippen LogP contribution in [0.3, 0.4) is 0 Å². The van der Waals surface area contributed by atoms with Crippen LogP contribution in [0.1, 0.15) is 0 Å². The number of nitrogens with zero attached hydrogens (tertiary/aromatic N) is 6. The molecule has 0 aromatic carbocycles. The standard InChI is InChI=1S/C11H7ClN6O/c12-9-15-10(18-5-4-14-7-18)17-11(16-9)19-8-2-1-3-13-6-8/h1-7H. The molecule has 94 valence electrons. The summed E-state index contributed by atoms with van der Waals surface area (Å²) >= 11 is 5.84. The van der Waals surface area contributed by atoms with Gasteiger partial charge in [-0.25, -0.2) is 4.98 Å². The number of halogens is 1. The molecule has 19 heavy (non-hydrogen) atoms. The lowest BCUT2D eigenvalue weighted by Crippen LogP contribution is -2.03. The Labute approximate surface area is 112 Å². The fourth-order valence-corrected chi connectivity index (χ4v) is 1.52. The molecule has 0 saturated carbocycles. The van der Waals surface area contributed by atoms with Gasteiger partial charge in [0.05, 0.1) is 6.20 Å². The van der Waals surface area contributed by atoms with Crippen molar-refractivity contribution in [3.8, 4) is 17.7 Å². The third-order valence-electron chi connectivity index (χ3n) is 2.15. The van der Waals surface area contributed by atoms with Gasteiger partial charge in [-0.1, -0.05) is 0 Å². The monoisotopic (exact) mass is 274 g/mol. The predicted octanol–water partition coefficient (Wildman–Crippen LogP) is 1.90. The van der Waals surface area contributed by atoms with Crippen LogP contribution in [0.25, 0.3) is 5.95 Å². The summed E-state index contributed by atoms with van der Waals surface area (Å²) in [7, 11) is 0. The number of hydrogen-bond donors (Lipinski definition) is 0. The molecule has 0 bridgehead atoms. The Morgan fingerprint density at radius 3 is 2.79 bits per heavy atom. The van der Waals surface area contributed by atoms with Crippen LogP contribution in [0, 0.1) is 0 Å². The fraction of sp³-hybridized carbons (Fsp3) is 0. The summed E-state index contributed by atoms with van der Waals surface area (Å²) in [5.41, 5.74) is 0. The van der Waals surface area contributed by atoms with Gasteiger partial charge in [-0.05, 0) is 23.7 Å². The number of imidazole rings is 1. The Hall–Kier alpha value is -2.54. The van der Waals surface area contributed by atoms with Crippen LogP contribution in [0.2, 0.25) is 5.28 Å². The van der Waals surface area contributed by atoms with Crippen LogP contribution in [0.5, 0.6) is 11.8 Å². The normalized spacial score (nSPS) is 10.4. The van der Waals surface area contributed by atoms with E-state index in [-0.39, 0.29) is 11.3 Å². The Balaban J connectivity index is 1.94. The van der Waals surface area contributed by atoms with Gasteiger partial charge in [0, 0.05) is 18.6 Å². The maximum atomic E-state index is 5.84. The van der Waals surface area contributed by atoms with Crippen molar-refractivity contribution in [2.45, 2.75) is 0 Å². The smallest absolute Gasteiger partial charge is 0.328 e. The molecule has 0 spiro atoms. The van der Waals surface area contributed by atoms with Crippen LogP contribution in [0.4, 0.5) is 0 Å². The molecule has 0 aliphatic rings. The first-order chi connectivity index (χ1) is 9.31. The van der Waals surface area contributed by atoms with Crippen LogP contribution in [0.15, 0.2) is 43.2 Å². The summed E-state index contributed by atoms with van der Waals surface area (Å²) in [5.74, 6) is 0.845. The second kappa shape index (κ2) is 4.99. The second-order valence-corrected chi connectivity index (χ2v) is 3.79. The van der Waals surface area contributed by atoms with Crippen molar-refractivity contribution in [1.82, 2.24) is 29.5 Å². The summed E-state index contributed by atoms with van der Waals surface area (Å²) in [6.07, 6.45) is 8.05. The van der Waals surface area contributed by atoms with Crippen molar-refractivity contribution in [3.63, 3.8) is 0 Å². The molecular weight excluding hydrogens is 268 g/mol. The van der Waals surface area contributed by atoms with Gasteiger partial charge in [0.2, 0.25) is 11.2 Å². The van der Waals surface area contributed by atoms with E-state index in [0.29, 0.717) is 11.7 Å². The van der Waals surface area contributed by atoms with Crippen molar-refractivity contribution >= 4 is 11.6 Å². The molecule has 0 saturated heterocycles. The lowest BCUT2D eigenvalue weighted by molar-refractivity contribution is 0.436. The third-order valence-corrected chi connectivity index (χ3v) is 2.32. The Morgan fingerprint density at radius 1 is 1.11 bits per heavy atom. The molecule has 3 aromatic heterocycles. The number of rotatable bonds is 3. The highest BCUT2D eigenvalue weighted by Crippen LogP contribution is 2.18. The zero-order chi connectivity index (χ0) is 13.1. The fourth-order valence-electron chi connectivity index (χ4n) is 1.37.